The van der Waals surface area contributed by atoms with Crippen LogP contribution in [0.15, 0.2) is 0 Å². The van der Waals surface area contributed by atoms with Crippen molar-refractivity contribution < 1.29 is 51.9 Å². The van der Waals surface area contributed by atoms with Crippen LogP contribution in [0.5, 0.6) is 0 Å². The van der Waals surface area contributed by atoms with E-state index in [1.807, 2.05) is 0 Å². The number of rotatable bonds is 1. The molecule has 0 saturated heterocycles. The van der Waals surface area contributed by atoms with Crippen molar-refractivity contribution in [3.8, 4) is 0 Å². The molecule has 0 amide bonds. The van der Waals surface area contributed by atoms with Crippen LogP contribution in [0.25, 0.3) is 0 Å². The first-order valence-corrected chi connectivity index (χ1v) is 4.07. The molecule has 0 fully saturated rings. The summed E-state index contributed by atoms with van der Waals surface area (Å²) in [7, 11) is 0. The van der Waals surface area contributed by atoms with Crippen LogP contribution in [-0.4, -0.2) is 13.1 Å². The first-order chi connectivity index (χ1) is 3.91. The van der Waals surface area contributed by atoms with Gasteiger partial charge in [0, 0.05) is 13.1 Å². The number of hydrogen-bond donors (Lipinski definition) is 2. The van der Waals surface area contributed by atoms with Crippen LogP contribution in [-0.2, 0) is 43.6 Å². The topological polar surface area (TPSA) is 132 Å². The SMILES string of the molecule is NCCN.[Ag+2].[O]=[Cr](=[O])([O-])[O-]. The van der Waals surface area contributed by atoms with E-state index in [-0.39, 0.29) is 22.4 Å². The number of hydrogen-bond acceptors (Lipinski definition) is 6. The summed E-state index contributed by atoms with van der Waals surface area (Å²) in [4.78, 5) is 0. The van der Waals surface area contributed by atoms with Gasteiger partial charge >= 0.3 is 51.9 Å². The first-order valence-electron chi connectivity index (χ1n) is 1.98. The summed E-state index contributed by atoms with van der Waals surface area (Å²) in [5.41, 5.74) is 9.81. The molecule has 0 unspecified atom stereocenters. The van der Waals surface area contributed by atoms with Gasteiger partial charge in [0.05, 0.1) is 0 Å². The number of nitrogens with two attached hydrogens (primary N) is 2. The Morgan fingerprint density at radius 3 is 1.20 bits per heavy atom. The molecule has 4 N–H and O–H groups in total. The van der Waals surface area contributed by atoms with Gasteiger partial charge in [-0.3, -0.25) is 0 Å². The second-order valence-corrected chi connectivity index (χ2v) is 2.26. The second kappa shape index (κ2) is 9.71. The molecule has 8 heteroatoms. The molecule has 0 aromatic heterocycles. The van der Waals surface area contributed by atoms with Crippen LogP contribution < -0.4 is 19.8 Å². The average Bonchev–Trinajstić information content (AvgIpc) is 1.61. The zero-order chi connectivity index (χ0) is 7.91. The van der Waals surface area contributed by atoms with Crippen molar-refractivity contribution in [3.63, 3.8) is 0 Å². The predicted octanol–water partition coefficient (Wildman–Crippen LogP) is -3.72. The summed E-state index contributed by atoms with van der Waals surface area (Å²) >= 11 is -5.75. The molecule has 10 heavy (non-hydrogen) atoms. The van der Waals surface area contributed by atoms with E-state index in [0.717, 1.165) is 0 Å². The average molecular weight is 284 g/mol. The van der Waals surface area contributed by atoms with Crippen LogP contribution in [0.1, 0.15) is 0 Å². The van der Waals surface area contributed by atoms with Crippen LogP contribution in [0.3, 0.4) is 0 Å². The fraction of sp³-hybridized carbons (Fsp3) is 1.00. The third-order valence-electron chi connectivity index (χ3n) is 0.167. The van der Waals surface area contributed by atoms with Crippen molar-refractivity contribution in [1.29, 1.82) is 0 Å². The van der Waals surface area contributed by atoms with E-state index in [4.69, 9.17) is 27.4 Å². The van der Waals surface area contributed by atoms with Crippen LogP contribution in [0, 0.1) is 0 Å². The van der Waals surface area contributed by atoms with E-state index >= 15 is 0 Å². The van der Waals surface area contributed by atoms with Gasteiger partial charge in [-0.25, -0.2) is 0 Å². The molecule has 6 nitrogen and oxygen atoms in total. The van der Waals surface area contributed by atoms with Gasteiger partial charge in [-0.2, -0.15) is 0 Å². The van der Waals surface area contributed by atoms with Gasteiger partial charge in [-0.15, -0.1) is 0 Å². The van der Waals surface area contributed by atoms with E-state index in [1.165, 1.54) is 0 Å². The Kier molecular flexibility index (Phi) is 16.5. The third kappa shape index (κ3) is 177. The molecule has 0 aliphatic heterocycles. The molecule has 0 aliphatic rings. The molecule has 0 heterocycles. The zero-order valence-corrected chi connectivity index (χ0v) is 7.67. The summed E-state index contributed by atoms with van der Waals surface area (Å²) < 4.78 is 34.4. The van der Waals surface area contributed by atoms with Gasteiger partial charge in [0.25, 0.3) is 0 Å². The van der Waals surface area contributed by atoms with Crippen LogP contribution in [0.2, 0.25) is 0 Å². The van der Waals surface area contributed by atoms with E-state index in [0.29, 0.717) is 13.1 Å². The predicted molar refractivity (Wildman–Crippen MR) is 19.5 cm³/mol. The van der Waals surface area contributed by atoms with Crippen molar-refractivity contribution in [2.45, 2.75) is 0 Å². The molecular formula is C2H8AgCrN2O4. The van der Waals surface area contributed by atoms with E-state index in [2.05, 4.69) is 0 Å². The molecule has 1 radical (unpaired) electrons. The van der Waals surface area contributed by atoms with E-state index in [9.17, 15) is 0 Å². The second-order valence-electron chi connectivity index (χ2n) is 0.986. The maximum atomic E-state index is 8.59. The van der Waals surface area contributed by atoms with E-state index < -0.39 is 13.6 Å². The van der Waals surface area contributed by atoms with E-state index in [1.54, 1.807) is 0 Å². The van der Waals surface area contributed by atoms with Gasteiger partial charge in [0.2, 0.25) is 0 Å². The summed E-state index contributed by atoms with van der Waals surface area (Å²) in [5, 5.41) is 0. The molecule has 0 bridgehead atoms. The summed E-state index contributed by atoms with van der Waals surface area (Å²) in [6.45, 7) is 1.19. The molecule has 0 aliphatic carbocycles. The monoisotopic (exact) mass is 283 g/mol. The molecular weight excluding hydrogens is 276 g/mol. The molecule has 0 atom stereocenters. The minimum absolute atomic E-state index is 0. The van der Waals surface area contributed by atoms with Gasteiger partial charge in [-0.05, 0) is 0 Å². The maximum absolute atomic E-state index is 8.59. The summed E-state index contributed by atoms with van der Waals surface area (Å²) in [6, 6.07) is 0. The third-order valence-corrected chi connectivity index (χ3v) is 0.167. The Morgan fingerprint density at radius 1 is 1.10 bits per heavy atom. The Bertz CT molecular complexity index is 124. The Morgan fingerprint density at radius 2 is 1.20 bits per heavy atom. The van der Waals surface area contributed by atoms with Crippen molar-refractivity contribution in [2.24, 2.45) is 11.5 Å². The van der Waals surface area contributed by atoms with Gasteiger partial charge < -0.3 is 11.5 Å². The van der Waals surface area contributed by atoms with Gasteiger partial charge in [0.1, 0.15) is 0 Å². The fourth-order valence-electron chi connectivity index (χ4n) is 0. The van der Waals surface area contributed by atoms with Crippen molar-refractivity contribution >= 4 is 0 Å². The van der Waals surface area contributed by atoms with Gasteiger partial charge in [-0.1, -0.05) is 0 Å². The molecule has 0 aromatic carbocycles. The van der Waals surface area contributed by atoms with Crippen molar-refractivity contribution in [3.05, 3.63) is 0 Å². The Labute approximate surface area is 76.5 Å². The minimum atomic E-state index is -5.75. The molecule has 0 aromatic rings. The zero-order valence-electron chi connectivity index (χ0n) is 4.91. The molecule has 67 valence electrons. The van der Waals surface area contributed by atoms with Crippen LogP contribution >= 0.6 is 0 Å². The van der Waals surface area contributed by atoms with Crippen molar-refractivity contribution in [1.82, 2.24) is 0 Å². The molecule has 0 spiro atoms. The summed E-state index contributed by atoms with van der Waals surface area (Å²) in [5.74, 6) is 0. The standard InChI is InChI=1S/C2H8N2.Ag.Cr.4O/c3-1-2-4;;;;;;/h1-4H2;;;;;;/q;+2;;;;2*-1. The molecule has 0 saturated carbocycles. The van der Waals surface area contributed by atoms with Gasteiger partial charge in [0.15, 0.2) is 0 Å². The summed E-state index contributed by atoms with van der Waals surface area (Å²) in [6.07, 6.45) is 0. The molecule has 0 rings (SSSR count). The Hall–Kier alpha value is 0.713. The quantitative estimate of drug-likeness (QED) is 0.476. The Balaban J connectivity index is -0.0000000910. The first kappa shape index (κ1) is 17.0. The fourth-order valence-corrected chi connectivity index (χ4v) is 0. The van der Waals surface area contributed by atoms with Crippen molar-refractivity contribution in [2.75, 3.05) is 13.1 Å². The van der Waals surface area contributed by atoms with Crippen LogP contribution in [0.4, 0.5) is 0 Å². The normalized spacial score (nSPS) is 8.80.